The van der Waals surface area contributed by atoms with Crippen LogP contribution in [0.25, 0.3) is 0 Å². The molecule has 0 aliphatic carbocycles. The molecule has 0 unspecified atom stereocenters. The number of hydrogen-bond acceptors (Lipinski definition) is 3. The molecule has 1 heterocycles. The van der Waals surface area contributed by atoms with Gasteiger partial charge in [0.15, 0.2) is 0 Å². The average molecular weight is 385 g/mol. The van der Waals surface area contributed by atoms with Gasteiger partial charge < -0.3 is 11.1 Å². The lowest BCUT2D eigenvalue weighted by Crippen LogP contribution is -2.23. The molecule has 3 N–H and O–H groups in total. The summed E-state index contributed by atoms with van der Waals surface area (Å²) in [6, 6.07) is 7.40. The molecule has 0 spiro atoms. The first kappa shape index (κ1) is 14.0. The van der Waals surface area contributed by atoms with E-state index < -0.39 is 0 Å². The Labute approximate surface area is 127 Å². The van der Waals surface area contributed by atoms with E-state index in [9.17, 15) is 4.79 Å². The minimum Gasteiger partial charge on any atom is -0.399 e. The number of hydrogen-bond donors (Lipinski definition) is 2. The third kappa shape index (κ3) is 3.54. The number of carbonyl (C=O) groups is 1. The van der Waals surface area contributed by atoms with Gasteiger partial charge in [0.2, 0.25) is 0 Å². The number of amides is 1. The van der Waals surface area contributed by atoms with Gasteiger partial charge in [0, 0.05) is 33.6 Å². The second kappa shape index (κ2) is 6.16. The summed E-state index contributed by atoms with van der Waals surface area (Å²) in [5, 5.41) is 2.84. The lowest BCUT2D eigenvalue weighted by molar-refractivity contribution is 0.0949. The second-order valence-electron chi connectivity index (χ2n) is 3.91. The Morgan fingerprint density at radius 2 is 1.95 bits per heavy atom. The second-order valence-corrected chi connectivity index (χ2v) is 5.61. The third-order valence-corrected chi connectivity index (χ3v) is 3.69. The summed E-state index contributed by atoms with van der Waals surface area (Å²) in [4.78, 5) is 16.1. The standard InChI is InChI=1S/C13H11Br2N3O/c14-10-6-17-7-11(15)12(10)13(19)18-5-8-2-1-3-9(16)4-8/h1-4,6-7H,5,16H2,(H,18,19). The van der Waals surface area contributed by atoms with Crippen molar-refractivity contribution in [1.29, 1.82) is 0 Å². The Hall–Kier alpha value is -1.40. The Kier molecular flexibility index (Phi) is 4.55. The summed E-state index contributed by atoms with van der Waals surface area (Å²) in [6.45, 7) is 0.422. The van der Waals surface area contributed by atoms with Gasteiger partial charge in [-0.1, -0.05) is 12.1 Å². The van der Waals surface area contributed by atoms with Gasteiger partial charge in [-0.05, 0) is 49.6 Å². The molecule has 1 aromatic carbocycles. The Morgan fingerprint density at radius 3 is 2.58 bits per heavy atom. The zero-order valence-electron chi connectivity index (χ0n) is 9.86. The van der Waals surface area contributed by atoms with Crippen molar-refractivity contribution >= 4 is 43.5 Å². The van der Waals surface area contributed by atoms with Crippen LogP contribution in [0, 0.1) is 0 Å². The fraction of sp³-hybridized carbons (Fsp3) is 0.0769. The van der Waals surface area contributed by atoms with Crippen LogP contribution in [0.5, 0.6) is 0 Å². The highest BCUT2D eigenvalue weighted by Crippen LogP contribution is 2.23. The fourth-order valence-corrected chi connectivity index (χ4v) is 2.89. The maximum Gasteiger partial charge on any atom is 0.253 e. The molecule has 4 nitrogen and oxygen atoms in total. The first-order valence-electron chi connectivity index (χ1n) is 5.49. The van der Waals surface area contributed by atoms with Crippen LogP contribution in [-0.2, 0) is 6.54 Å². The van der Waals surface area contributed by atoms with Crippen molar-refractivity contribution in [3.8, 4) is 0 Å². The number of aromatic nitrogens is 1. The van der Waals surface area contributed by atoms with E-state index in [4.69, 9.17) is 5.73 Å². The number of benzene rings is 1. The zero-order valence-corrected chi connectivity index (χ0v) is 13.0. The molecule has 0 bridgehead atoms. The average Bonchev–Trinajstić information content (AvgIpc) is 2.36. The predicted octanol–water partition coefficient (Wildman–Crippen LogP) is 3.12. The minimum absolute atomic E-state index is 0.177. The molecule has 0 fully saturated rings. The Bertz CT molecular complexity index is 596. The van der Waals surface area contributed by atoms with E-state index in [1.807, 2.05) is 18.2 Å². The molecule has 0 aliphatic heterocycles. The van der Waals surface area contributed by atoms with Gasteiger partial charge in [-0.25, -0.2) is 0 Å². The zero-order chi connectivity index (χ0) is 13.8. The largest absolute Gasteiger partial charge is 0.399 e. The van der Waals surface area contributed by atoms with Crippen molar-refractivity contribution in [2.75, 3.05) is 5.73 Å². The van der Waals surface area contributed by atoms with E-state index in [2.05, 4.69) is 42.2 Å². The van der Waals surface area contributed by atoms with Gasteiger partial charge in [0.05, 0.1) is 5.56 Å². The quantitative estimate of drug-likeness (QED) is 0.799. The summed E-state index contributed by atoms with van der Waals surface area (Å²) >= 11 is 6.62. The molecule has 98 valence electrons. The highest BCUT2D eigenvalue weighted by atomic mass is 79.9. The summed E-state index contributed by atoms with van der Waals surface area (Å²) in [7, 11) is 0. The van der Waals surface area contributed by atoms with E-state index in [-0.39, 0.29) is 5.91 Å². The highest BCUT2D eigenvalue weighted by molar-refractivity contribution is 9.11. The fourth-order valence-electron chi connectivity index (χ4n) is 1.60. The number of carbonyl (C=O) groups excluding carboxylic acids is 1. The number of rotatable bonds is 3. The number of nitrogen functional groups attached to an aromatic ring is 1. The minimum atomic E-state index is -0.177. The SMILES string of the molecule is Nc1cccc(CNC(=O)c2c(Br)cncc2Br)c1. The van der Waals surface area contributed by atoms with Crippen LogP contribution in [0.1, 0.15) is 15.9 Å². The van der Waals surface area contributed by atoms with Crippen molar-refractivity contribution in [3.05, 3.63) is 56.7 Å². The van der Waals surface area contributed by atoms with E-state index >= 15 is 0 Å². The third-order valence-electron chi connectivity index (χ3n) is 2.48. The number of halogens is 2. The summed E-state index contributed by atoms with van der Waals surface area (Å²) in [6.07, 6.45) is 3.17. The first-order valence-corrected chi connectivity index (χ1v) is 7.08. The van der Waals surface area contributed by atoms with Crippen molar-refractivity contribution in [2.45, 2.75) is 6.54 Å². The predicted molar refractivity (Wildman–Crippen MR) is 81.7 cm³/mol. The number of nitrogens with one attached hydrogen (secondary N) is 1. The number of anilines is 1. The molecule has 2 aromatic rings. The molecular formula is C13H11Br2N3O. The molecule has 1 amide bonds. The van der Waals surface area contributed by atoms with Crippen molar-refractivity contribution in [2.24, 2.45) is 0 Å². The van der Waals surface area contributed by atoms with E-state index in [0.717, 1.165) is 5.56 Å². The number of nitrogens with two attached hydrogens (primary N) is 1. The van der Waals surface area contributed by atoms with Crippen LogP contribution in [0.15, 0.2) is 45.6 Å². The molecule has 0 aliphatic rings. The number of pyridine rings is 1. The van der Waals surface area contributed by atoms with Gasteiger partial charge in [-0.2, -0.15) is 0 Å². The van der Waals surface area contributed by atoms with Gasteiger partial charge in [0.25, 0.3) is 5.91 Å². The van der Waals surface area contributed by atoms with E-state index in [1.165, 1.54) is 0 Å². The summed E-state index contributed by atoms with van der Waals surface area (Å²) in [5.41, 5.74) is 7.85. The lowest BCUT2D eigenvalue weighted by atomic mass is 10.2. The van der Waals surface area contributed by atoms with Gasteiger partial charge >= 0.3 is 0 Å². The maximum atomic E-state index is 12.1. The van der Waals surface area contributed by atoms with Crippen LogP contribution >= 0.6 is 31.9 Å². The monoisotopic (exact) mass is 383 g/mol. The molecule has 2 rings (SSSR count). The maximum absolute atomic E-state index is 12.1. The van der Waals surface area contributed by atoms with E-state index in [0.29, 0.717) is 26.7 Å². The van der Waals surface area contributed by atoms with Crippen molar-refractivity contribution < 1.29 is 4.79 Å². The van der Waals surface area contributed by atoms with Crippen molar-refractivity contribution in [3.63, 3.8) is 0 Å². The number of nitrogens with zero attached hydrogens (tertiary/aromatic N) is 1. The molecular weight excluding hydrogens is 374 g/mol. The highest BCUT2D eigenvalue weighted by Gasteiger charge is 2.13. The Balaban J connectivity index is 2.10. The molecule has 0 radical (unpaired) electrons. The normalized spacial score (nSPS) is 10.2. The topological polar surface area (TPSA) is 68.0 Å². The van der Waals surface area contributed by atoms with Gasteiger partial charge in [-0.15, -0.1) is 0 Å². The Morgan fingerprint density at radius 1 is 1.26 bits per heavy atom. The van der Waals surface area contributed by atoms with Crippen LogP contribution in [0.3, 0.4) is 0 Å². The molecule has 19 heavy (non-hydrogen) atoms. The van der Waals surface area contributed by atoms with Crippen molar-refractivity contribution in [1.82, 2.24) is 10.3 Å². The molecule has 0 saturated heterocycles. The van der Waals surface area contributed by atoms with Crippen LogP contribution in [0.4, 0.5) is 5.69 Å². The van der Waals surface area contributed by atoms with Gasteiger partial charge in [0.1, 0.15) is 0 Å². The summed E-state index contributed by atoms with van der Waals surface area (Å²) < 4.78 is 1.29. The molecule has 0 saturated carbocycles. The molecule has 6 heteroatoms. The molecule has 1 aromatic heterocycles. The smallest absolute Gasteiger partial charge is 0.253 e. The van der Waals surface area contributed by atoms with Gasteiger partial charge in [-0.3, -0.25) is 9.78 Å². The van der Waals surface area contributed by atoms with Crippen LogP contribution < -0.4 is 11.1 Å². The first-order chi connectivity index (χ1) is 9.08. The lowest BCUT2D eigenvalue weighted by Gasteiger charge is -2.08. The van der Waals surface area contributed by atoms with E-state index in [1.54, 1.807) is 18.5 Å². The summed E-state index contributed by atoms with van der Waals surface area (Å²) in [5.74, 6) is -0.177. The van der Waals surface area contributed by atoms with Crippen LogP contribution in [-0.4, -0.2) is 10.9 Å². The van der Waals surface area contributed by atoms with Crippen LogP contribution in [0.2, 0.25) is 0 Å². The molecule has 0 atom stereocenters.